The molecule has 4 aromatic rings. The summed E-state index contributed by atoms with van der Waals surface area (Å²) < 4.78 is 0.913. The number of piperidine rings is 1. The first-order valence-corrected chi connectivity index (χ1v) is 14.7. The highest BCUT2D eigenvalue weighted by Crippen LogP contribution is 2.39. The van der Waals surface area contributed by atoms with Gasteiger partial charge in [0.1, 0.15) is 17.0 Å². The maximum Gasteiger partial charge on any atom is 0.317 e. The third kappa shape index (κ3) is 4.38. The normalized spacial score (nSPS) is 22.1. The lowest BCUT2D eigenvalue weighted by Crippen LogP contribution is -2.59. The zero-order valence-corrected chi connectivity index (χ0v) is 22.1. The Hall–Kier alpha value is -3.02. The number of thiazole rings is 1. The number of aromatic amines is 1. The smallest absolute Gasteiger partial charge is 0.317 e. The van der Waals surface area contributed by atoms with Gasteiger partial charge in [-0.25, -0.2) is 14.8 Å². The van der Waals surface area contributed by atoms with Gasteiger partial charge in [0.15, 0.2) is 0 Å². The Morgan fingerprint density at radius 3 is 3.00 bits per heavy atom. The summed E-state index contributed by atoms with van der Waals surface area (Å²) in [6.45, 7) is 3.84. The van der Waals surface area contributed by atoms with Crippen LogP contribution in [0.3, 0.4) is 0 Å². The van der Waals surface area contributed by atoms with Crippen LogP contribution in [0.5, 0.6) is 0 Å². The van der Waals surface area contributed by atoms with Crippen LogP contribution in [0.2, 0.25) is 0 Å². The zero-order chi connectivity index (χ0) is 24.9. The van der Waals surface area contributed by atoms with E-state index in [0.717, 1.165) is 70.8 Å². The fourth-order valence-electron chi connectivity index (χ4n) is 6.09. The maximum atomic E-state index is 13.1. The van der Waals surface area contributed by atoms with Crippen LogP contribution in [0.4, 0.5) is 16.3 Å². The number of fused-ring (bicyclic) bond motifs is 5. The van der Waals surface area contributed by atoms with E-state index in [9.17, 15) is 9.59 Å². The van der Waals surface area contributed by atoms with Crippen molar-refractivity contribution in [3.8, 4) is 0 Å². The van der Waals surface area contributed by atoms with Gasteiger partial charge in [-0.15, -0.1) is 11.3 Å². The van der Waals surface area contributed by atoms with Crippen molar-refractivity contribution < 1.29 is 4.79 Å². The number of carbonyl (C=O) groups is 1. The molecule has 3 aromatic heterocycles. The molecule has 0 saturated carbocycles. The van der Waals surface area contributed by atoms with Crippen LogP contribution in [0, 0.1) is 0 Å². The Balaban J connectivity index is 1.07. The van der Waals surface area contributed by atoms with Gasteiger partial charge >= 0.3 is 10.9 Å². The summed E-state index contributed by atoms with van der Waals surface area (Å²) in [5, 5.41) is 7.87. The molecule has 1 aromatic carbocycles. The lowest BCUT2D eigenvalue weighted by atomic mass is 9.93. The zero-order valence-electron chi connectivity index (χ0n) is 20.5. The number of nitrogens with one attached hydrogen (secondary N) is 3. The SMILES string of the molecule is O=C(NC1CCc2c(sc3ncnc(Nc4ccc5[nH]c(=O)sc5c4)c23)C1)N1CCN2CCCCC2C1. The van der Waals surface area contributed by atoms with E-state index in [0.29, 0.717) is 6.04 Å². The number of anilines is 2. The number of aryl methyl sites for hydroxylation is 1. The minimum atomic E-state index is -0.0543. The van der Waals surface area contributed by atoms with Crippen LogP contribution < -0.4 is 15.5 Å². The standard InChI is InChI=1S/C26H29N7O2S2/c34-25(33-10-9-32-8-2-1-3-17(32)13-33)30-16-4-6-18-20(11-16)36-24-22(18)23(27-14-28-24)29-15-5-7-19-21(12-15)37-26(35)31-19/h5,7,12,14,16-17H,1-4,6,8-11,13H2,(H,30,34)(H,31,35)(H,27,28,29). The number of amides is 2. The maximum absolute atomic E-state index is 13.1. The van der Waals surface area contributed by atoms with Gasteiger partial charge in [0.25, 0.3) is 0 Å². The third-order valence-corrected chi connectivity index (χ3v) is 9.99. The Kier molecular flexibility index (Phi) is 5.86. The van der Waals surface area contributed by atoms with Crippen molar-refractivity contribution in [2.75, 3.05) is 31.5 Å². The molecule has 11 heteroatoms. The van der Waals surface area contributed by atoms with E-state index < -0.39 is 0 Å². The number of benzene rings is 1. The van der Waals surface area contributed by atoms with Crippen LogP contribution in [-0.2, 0) is 12.8 Å². The predicted octanol–water partition coefficient (Wildman–Crippen LogP) is 4.07. The number of H-pyrrole nitrogens is 1. The highest BCUT2D eigenvalue weighted by Gasteiger charge is 2.33. The van der Waals surface area contributed by atoms with Gasteiger partial charge in [0, 0.05) is 48.7 Å². The van der Waals surface area contributed by atoms with E-state index in [1.807, 2.05) is 23.1 Å². The quantitative estimate of drug-likeness (QED) is 0.365. The second kappa shape index (κ2) is 9.38. The number of nitrogens with zero attached hydrogens (tertiary/aromatic N) is 4. The fraction of sp³-hybridized carbons (Fsp3) is 0.462. The molecule has 192 valence electrons. The molecule has 3 aliphatic rings. The van der Waals surface area contributed by atoms with Crippen LogP contribution >= 0.6 is 22.7 Å². The lowest BCUT2D eigenvalue weighted by Gasteiger charge is -2.44. The number of aromatic nitrogens is 3. The lowest BCUT2D eigenvalue weighted by molar-refractivity contribution is 0.0634. The molecule has 0 bridgehead atoms. The van der Waals surface area contributed by atoms with Gasteiger partial charge in [-0.3, -0.25) is 9.69 Å². The van der Waals surface area contributed by atoms with E-state index >= 15 is 0 Å². The Bertz CT molecular complexity index is 1540. The first-order valence-electron chi connectivity index (χ1n) is 13.1. The highest BCUT2D eigenvalue weighted by molar-refractivity contribution is 7.19. The van der Waals surface area contributed by atoms with Crippen molar-refractivity contribution in [3.05, 3.63) is 44.6 Å². The van der Waals surface area contributed by atoms with Crippen molar-refractivity contribution >= 4 is 60.6 Å². The summed E-state index contributed by atoms with van der Waals surface area (Å²) in [4.78, 5) is 43.6. The second-order valence-corrected chi connectivity index (χ2v) is 12.4. The van der Waals surface area contributed by atoms with Crippen molar-refractivity contribution in [2.24, 2.45) is 0 Å². The van der Waals surface area contributed by atoms with Crippen molar-refractivity contribution in [3.63, 3.8) is 0 Å². The summed E-state index contributed by atoms with van der Waals surface area (Å²) in [5.41, 5.74) is 3.02. The summed E-state index contributed by atoms with van der Waals surface area (Å²) >= 11 is 2.91. The molecule has 2 amide bonds. The largest absolute Gasteiger partial charge is 0.340 e. The third-order valence-electron chi connectivity index (χ3n) is 7.98. The number of rotatable bonds is 3. The summed E-state index contributed by atoms with van der Waals surface area (Å²) in [5.74, 6) is 0.789. The van der Waals surface area contributed by atoms with E-state index in [-0.39, 0.29) is 16.9 Å². The number of hydrogen-bond acceptors (Lipinski definition) is 8. The molecule has 2 saturated heterocycles. The number of thiophene rings is 1. The minimum Gasteiger partial charge on any atom is -0.340 e. The molecular weight excluding hydrogens is 506 g/mol. The summed E-state index contributed by atoms with van der Waals surface area (Å²) in [7, 11) is 0. The highest BCUT2D eigenvalue weighted by atomic mass is 32.1. The Morgan fingerprint density at radius 1 is 1.11 bits per heavy atom. The monoisotopic (exact) mass is 535 g/mol. The van der Waals surface area contributed by atoms with E-state index in [4.69, 9.17) is 0 Å². The Morgan fingerprint density at radius 2 is 2.05 bits per heavy atom. The summed E-state index contributed by atoms with van der Waals surface area (Å²) in [6.07, 6.45) is 7.99. The second-order valence-electron chi connectivity index (χ2n) is 10.3. The molecule has 37 heavy (non-hydrogen) atoms. The minimum absolute atomic E-state index is 0.0543. The van der Waals surface area contributed by atoms with E-state index in [1.54, 1.807) is 17.7 Å². The van der Waals surface area contributed by atoms with Crippen molar-refractivity contribution in [2.45, 2.75) is 50.6 Å². The van der Waals surface area contributed by atoms with Gasteiger partial charge in [0.2, 0.25) is 0 Å². The van der Waals surface area contributed by atoms with Gasteiger partial charge in [-0.1, -0.05) is 17.8 Å². The molecule has 2 unspecified atom stereocenters. The number of carbonyl (C=O) groups excluding carboxylic acids is 1. The molecular formula is C26H29N7O2S2. The predicted molar refractivity (Wildman–Crippen MR) is 148 cm³/mol. The number of hydrogen-bond donors (Lipinski definition) is 3. The van der Waals surface area contributed by atoms with Crippen LogP contribution in [-0.4, -0.2) is 69.0 Å². The topological polar surface area (TPSA) is 106 Å². The molecule has 3 N–H and O–H groups in total. The summed E-state index contributed by atoms with van der Waals surface area (Å²) in [6, 6.07) is 6.60. The molecule has 7 rings (SSSR count). The molecule has 1 aliphatic carbocycles. The van der Waals surface area contributed by atoms with Gasteiger partial charge < -0.3 is 20.5 Å². The molecule has 0 radical (unpaired) electrons. The van der Waals surface area contributed by atoms with Crippen LogP contribution in [0.1, 0.15) is 36.1 Å². The molecule has 5 heterocycles. The van der Waals surface area contributed by atoms with Crippen LogP contribution in [0.25, 0.3) is 20.4 Å². The van der Waals surface area contributed by atoms with E-state index in [1.165, 1.54) is 47.6 Å². The van der Waals surface area contributed by atoms with Crippen molar-refractivity contribution in [1.29, 1.82) is 0 Å². The molecule has 2 aliphatic heterocycles. The number of piperazine rings is 1. The molecule has 0 spiro atoms. The van der Waals surface area contributed by atoms with Crippen molar-refractivity contribution in [1.82, 2.24) is 30.1 Å². The first-order chi connectivity index (χ1) is 18.1. The molecule has 2 atom stereocenters. The van der Waals surface area contributed by atoms with Gasteiger partial charge in [0.05, 0.1) is 15.6 Å². The van der Waals surface area contributed by atoms with Gasteiger partial charge in [-0.05, 0) is 56.0 Å². The number of urea groups is 1. The van der Waals surface area contributed by atoms with Gasteiger partial charge in [-0.2, -0.15) is 0 Å². The van der Waals surface area contributed by atoms with E-state index in [2.05, 4.69) is 30.5 Å². The Labute approximate surface area is 221 Å². The van der Waals surface area contributed by atoms with Crippen LogP contribution in [0.15, 0.2) is 29.3 Å². The fourth-order valence-corrected chi connectivity index (χ4v) is 8.14. The molecule has 2 fully saturated rings. The average Bonchev–Trinajstić information content (AvgIpc) is 3.47. The molecule has 9 nitrogen and oxygen atoms in total. The first kappa shape index (κ1) is 23.1. The average molecular weight is 536 g/mol.